The summed E-state index contributed by atoms with van der Waals surface area (Å²) in [4.78, 5) is 0. The van der Waals surface area contributed by atoms with Gasteiger partial charge in [-0.3, -0.25) is 0 Å². The van der Waals surface area contributed by atoms with E-state index in [1.165, 1.54) is 0 Å². The molecule has 77 valence electrons. The number of hydrogen-bond donors (Lipinski definition) is 2. The van der Waals surface area contributed by atoms with E-state index in [0.717, 1.165) is 16.3 Å². The van der Waals surface area contributed by atoms with Crippen LogP contribution in [0, 0.1) is 6.42 Å². The molecule has 0 amide bonds. The summed E-state index contributed by atoms with van der Waals surface area (Å²) >= 11 is 0. The SMILES string of the molecule is OCC(O)[CH]c1cccc2ccccc12. The average molecular weight is 201 g/mol. The van der Waals surface area contributed by atoms with Crippen molar-refractivity contribution in [1.82, 2.24) is 0 Å². The molecular weight excluding hydrogens is 188 g/mol. The number of fused-ring (bicyclic) bond motifs is 1. The third kappa shape index (κ3) is 2.17. The lowest BCUT2D eigenvalue weighted by Crippen LogP contribution is -2.12. The van der Waals surface area contributed by atoms with Crippen molar-refractivity contribution < 1.29 is 10.2 Å². The first-order valence-electron chi connectivity index (χ1n) is 4.93. The Hall–Kier alpha value is -1.38. The molecule has 2 heteroatoms. The Balaban J connectivity index is 2.42. The second-order valence-electron chi connectivity index (χ2n) is 3.48. The van der Waals surface area contributed by atoms with Gasteiger partial charge in [0.2, 0.25) is 0 Å². The van der Waals surface area contributed by atoms with E-state index in [-0.39, 0.29) is 6.61 Å². The van der Waals surface area contributed by atoms with Gasteiger partial charge in [-0.2, -0.15) is 0 Å². The lowest BCUT2D eigenvalue weighted by Gasteiger charge is -2.09. The van der Waals surface area contributed by atoms with Crippen LogP contribution in [0.1, 0.15) is 5.56 Å². The molecule has 1 radical (unpaired) electrons. The Labute approximate surface area is 88.8 Å². The van der Waals surface area contributed by atoms with Crippen molar-refractivity contribution in [2.45, 2.75) is 6.10 Å². The fourth-order valence-electron chi connectivity index (χ4n) is 1.66. The molecule has 1 unspecified atom stereocenters. The minimum absolute atomic E-state index is 0.247. The monoisotopic (exact) mass is 201 g/mol. The zero-order valence-corrected chi connectivity index (χ0v) is 8.30. The zero-order valence-electron chi connectivity index (χ0n) is 8.30. The number of benzene rings is 2. The van der Waals surface area contributed by atoms with Gasteiger partial charge in [0.1, 0.15) is 0 Å². The molecule has 0 saturated carbocycles. The minimum Gasteiger partial charge on any atom is -0.394 e. The van der Waals surface area contributed by atoms with Crippen LogP contribution >= 0.6 is 0 Å². The average Bonchev–Trinajstić information content (AvgIpc) is 2.29. The molecular formula is C13H13O2. The molecule has 0 aliphatic heterocycles. The third-order valence-corrected chi connectivity index (χ3v) is 2.38. The van der Waals surface area contributed by atoms with Gasteiger partial charge in [0.15, 0.2) is 0 Å². The van der Waals surface area contributed by atoms with E-state index in [0.29, 0.717) is 0 Å². The van der Waals surface area contributed by atoms with E-state index in [2.05, 4.69) is 0 Å². The zero-order chi connectivity index (χ0) is 10.7. The van der Waals surface area contributed by atoms with Gasteiger partial charge in [0.25, 0.3) is 0 Å². The number of aliphatic hydroxyl groups excluding tert-OH is 2. The van der Waals surface area contributed by atoms with Gasteiger partial charge in [0, 0.05) is 6.42 Å². The van der Waals surface area contributed by atoms with Gasteiger partial charge < -0.3 is 10.2 Å². The molecule has 15 heavy (non-hydrogen) atoms. The van der Waals surface area contributed by atoms with Crippen molar-refractivity contribution in [3.05, 3.63) is 54.4 Å². The minimum atomic E-state index is -0.796. The maximum Gasteiger partial charge on any atom is 0.0846 e. The summed E-state index contributed by atoms with van der Waals surface area (Å²) in [6, 6.07) is 13.9. The van der Waals surface area contributed by atoms with E-state index in [9.17, 15) is 5.11 Å². The van der Waals surface area contributed by atoms with Crippen LogP contribution < -0.4 is 0 Å². The highest BCUT2D eigenvalue weighted by molar-refractivity contribution is 5.86. The number of rotatable bonds is 3. The van der Waals surface area contributed by atoms with Gasteiger partial charge >= 0.3 is 0 Å². The highest BCUT2D eigenvalue weighted by Crippen LogP contribution is 2.20. The van der Waals surface area contributed by atoms with Crippen molar-refractivity contribution in [3.63, 3.8) is 0 Å². The van der Waals surface area contributed by atoms with Crippen LogP contribution in [0.3, 0.4) is 0 Å². The van der Waals surface area contributed by atoms with E-state index in [1.807, 2.05) is 42.5 Å². The van der Waals surface area contributed by atoms with Crippen LogP contribution in [0.4, 0.5) is 0 Å². The first kappa shape index (κ1) is 10.1. The highest BCUT2D eigenvalue weighted by atomic mass is 16.3. The third-order valence-electron chi connectivity index (χ3n) is 2.38. The van der Waals surface area contributed by atoms with Crippen molar-refractivity contribution in [2.75, 3.05) is 6.61 Å². The van der Waals surface area contributed by atoms with Gasteiger partial charge in [-0.25, -0.2) is 0 Å². The van der Waals surface area contributed by atoms with Crippen molar-refractivity contribution >= 4 is 10.8 Å². The summed E-state index contributed by atoms with van der Waals surface area (Å²) < 4.78 is 0. The number of hydrogen-bond acceptors (Lipinski definition) is 2. The maximum absolute atomic E-state index is 9.37. The van der Waals surface area contributed by atoms with Crippen molar-refractivity contribution in [2.24, 2.45) is 0 Å². The second kappa shape index (κ2) is 4.43. The Morgan fingerprint density at radius 3 is 2.60 bits per heavy atom. The Kier molecular flexibility index (Phi) is 2.99. The first-order chi connectivity index (χ1) is 7.31. The van der Waals surface area contributed by atoms with Crippen molar-refractivity contribution in [1.29, 1.82) is 0 Å². The largest absolute Gasteiger partial charge is 0.394 e. The predicted molar refractivity (Wildman–Crippen MR) is 60.4 cm³/mol. The van der Waals surface area contributed by atoms with Crippen LogP contribution in [0.5, 0.6) is 0 Å². The fourth-order valence-corrected chi connectivity index (χ4v) is 1.66. The molecule has 2 aromatic rings. The highest BCUT2D eigenvalue weighted by Gasteiger charge is 2.06. The summed E-state index contributed by atoms with van der Waals surface area (Å²) in [6.45, 7) is -0.247. The molecule has 0 aliphatic carbocycles. The van der Waals surface area contributed by atoms with Crippen LogP contribution in [-0.2, 0) is 0 Å². The molecule has 2 aromatic carbocycles. The van der Waals surface area contributed by atoms with Gasteiger partial charge in [-0.05, 0) is 16.3 Å². The van der Waals surface area contributed by atoms with E-state index >= 15 is 0 Å². The maximum atomic E-state index is 9.37. The van der Waals surface area contributed by atoms with Crippen LogP contribution in [0.15, 0.2) is 42.5 Å². The van der Waals surface area contributed by atoms with Crippen LogP contribution in [-0.4, -0.2) is 22.9 Å². The molecule has 2 N–H and O–H groups in total. The Morgan fingerprint density at radius 1 is 1.07 bits per heavy atom. The lowest BCUT2D eigenvalue weighted by atomic mass is 10.0. The molecule has 0 saturated heterocycles. The molecule has 2 rings (SSSR count). The Morgan fingerprint density at radius 2 is 1.80 bits per heavy atom. The topological polar surface area (TPSA) is 40.5 Å². The molecule has 0 heterocycles. The molecule has 0 spiro atoms. The summed E-state index contributed by atoms with van der Waals surface area (Å²) in [7, 11) is 0. The van der Waals surface area contributed by atoms with E-state index < -0.39 is 6.10 Å². The molecule has 1 atom stereocenters. The van der Waals surface area contributed by atoms with Gasteiger partial charge in [0.05, 0.1) is 12.7 Å². The van der Waals surface area contributed by atoms with Crippen molar-refractivity contribution in [3.8, 4) is 0 Å². The fraction of sp³-hybridized carbons (Fsp3) is 0.154. The molecule has 0 aliphatic rings. The predicted octanol–water partition coefficient (Wildman–Crippen LogP) is 1.75. The molecule has 0 fully saturated rings. The number of aliphatic hydroxyl groups is 2. The van der Waals surface area contributed by atoms with Crippen LogP contribution in [0.25, 0.3) is 10.8 Å². The summed E-state index contributed by atoms with van der Waals surface area (Å²) in [5.41, 5.74) is 0.953. The first-order valence-corrected chi connectivity index (χ1v) is 4.93. The van der Waals surface area contributed by atoms with E-state index in [1.54, 1.807) is 6.42 Å². The van der Waals surface area contributed by atoms with Gasteiger partial charge in [-0.1, -0.05) is 42.5 Å². The lowest BCUT2D eigenvalue weighted by molar-refractivity contribution is 0.122. The van der Waals surface area contributed by atoms with Gasteiger partial charge in [-0.15, -0.1) is 0 Å². The normalized spacial score (nSPS) is 12.9. The standard InChI is InChI=1S/C13H13O2/c14-9-12(15)8-11-6-3-5-10-4-1-2-7-13(10)11/h1-8,12,14-15H,9H2. The second-order valence-corrected chi connectivity index (χ2v) is 3.48. The molecule has 0 bridgehead atoms. The molecule has 2 nitrogen and oxygen atoms in total. The quantitative estimate of drug-likeness (QED) is 0.794. The smallest absolute Gasteiger partial charge is 0.0846 e. The van der Waals surface area contributed by atoms with Crippen LogP contribution in [0.2, 0.25) is 0 Å². The summed E-state index contributed by atoms with van der Waals surface area (Å²) in [5, 5.41) is 20.4. The van der Waals surface area contributed by atoms with E-state index in [4.69, 9.17) is 5.11 Å². The molecule has 0 aromatic heterocycles. The Bertz CT molecular complexity index is 446. The summed E-state index contributed by atoms with van der Waals surface area (Å²) in [5.74, 6) is 0. The summed E-state index contributed by atoms with van der Waals surface area (Å²) in [6.07, 6.45) is 0.873.